The zero-order valence-electron chi connectivity index (χ0n) is 26.1. The molecule has 4 aromatic rings. The molecule has 1 aromatic heterocycles. The Morgan fingerprint density at radius 1 is 0.979 bits per heavy atom. The van der Waals surface area contributed by atoms with Crippen molar-refractivity contribution in [2.45, 2.75) is 35.9 Å². The molecule has 1 unspecified atom stereocenters. The van der Waals surface area contributed by atoms with Crippen molar-refractivity contribution in [3.8, 4) is 11.5 Å². The Hall–Kier alpha value is -3.94. The number of hydrogen-bond acceptors (Lipinski definition) is 10. The quantitative estimate of drug-likeness (QED) is 0.240. The van der Waals surface area contributed by atoms with E-state index in [2.05, 4.69) is 9.88 Å². The molecule has 2 atom stereocenters. The number of benzene rings is 3. The van der Waals surface area contributed by atoms with Crippen molar-refractivity contribution in [1.82, 2.24) is 14.8 Å². The Bertz CT molecular complexity index is 1880. The monoisotopic (exact) mass is 678 g/mol. The third kappa shape index (κ3) is 5.28. The lowest BCUT2D eigenvalue weighted by atomic mass is 9.80. The highest BCUT2D eigenvalue weighted by molar-refractivity contribution is 7.93. The summed E-state index contributed by atoms with van der Waals surface area (Å²) < 4.78 is 52.6. The first-order valence-electron chi connectivity index (χ1n) is 15.5. The summed E-state index contributed by atoms with van der Waals surface area (Å²) in [4.78, 5) is 24.2. The van der Waals surface area contributed by atoms with Gasteiger partial charge >= 0.3 is 0 Å². The summed E-state index contributed by atoms with van der Waals surface area (Å²) in [6.45, 7) is 3.90. The third-order valence-corrected chi connectivity index (χ3v) is 11.2. The van der Waals surface area contributed by atoms with Crippen LogP contribution in [0, 0.1) is 0 Å². The molecular weight excluding hydrogens is 644 g/mol. The van der Waals surface area contributed by atoms with Crippen LogP contribution in [0.15, 0.2) is 82.4 Å². The third-order valence-electron chi connectivity index (χ3n) is 9.24. The normalized spacial score (nSPS) is 22.1. The van der Waals surface area contributed by atoms with Gasteiger partial charge in [-0.2, -0.15) is 0 Å². The lowest BCUT2D eigenvalue weighted by Crippen LogP contribution is -2.54. The molecule has 0 N–H and O–H groups in total. The molecule has 47 heavy (non-hydrogen) atoms. The summed E-state index contributed by atoms with van der Waals surface area (Å²) in [7, 11) is -1.36. The number of fused-ring (bicyclic) bond motifs is 1. The van der Waals surface area contributed by atoms with Gasteiger partial charge in [-0.05, 0) is 73.0 Å². The number of rotatable bonds is 9. The van der Waals surface area contributed by atoms with Gasteiger partial charge in [-0.1, -0.05) is 17.7 Å². The first-order chi connectivity index (χ1) is 22.8. The summed E-state index contributed by atoms with van der Waals surface area (Å²) in [6.07, 6.45) is 4.44. The second-order valence-electron chi connectivity index (χ2n) is 11.8. The highest BCUT2D eigenvalue weighted by Gasteiger charge is 2.62. The lowest BCUT2D eigenvalue weighted by Gasteiger charge is -2.41. The van der Waals surface area contributed by atoms with Crippen LogP contribution in [-0.2, 0) is 31.6 Å². The Morgan fingerprint density at radius 2 is 1.77 bits per heavy atom. The number of nitrogens with zero attached hydrogens (tertiary/aromatic N) is 4. The summed E-state index contributed by atoms with van der Waals surface area (Å²) in [5.41, 5.74) is 0.454. The Kier molecular flexibility index (Phi) is 8.48. The Labute approximate surface area is 278 Å². The molecule has 3 aliphatic heterocycles. The van der Waals surface area contributed by atoms with Crippen LogP contribution in [0.2, 0.25) is 5.02 Å². The number of carbonyl (C=O) groups excluding carboxylic acids is 1. The number of sulfonamides is 1. The molecule has 11 nitrogen and oxygen atoms in total. The fraction of sp³-hybridized carbons (Fsp3) is 0.353. The number of morpholine rings is 1. The summed E-state index contributed by atoms with van der Waals surface area (Å²) >= 11 is 6.68. The smallest absolute Gasteiger partial charge is 0.271 e. The number of amides is 1. The molecule has 4 heterocycles. The predicted octanol–water partition coefficient (Wildman–Crippen LogP) is 4.99. The van der Waals surface area contributed by atoms with Crippen LogP contribution in [0.5, 0.6) is 11.5 Å². The molecule has 3 aromatic carbocycles. The van der Waals surface area contributed by atoms with Crippen molar-refractivity contribution in [1.29, 1.82) is 0 Å². The number of ether oxygens (including phenoxy) is 3. The number of hydrogen-bond donors (Lipinski definition) is 0. The lowest BCUT2D eigenvalue weighted by molar-refractivity contribution is -0.127. The highest BCUT2D eigenvalue weighted by atomic mass is 35.5. The average molecular weight is 679 g/mol. The summed E-state index contributed by atoms with van der Waals surface area (Å²) in [6, 6.07) is 16.2. The Morgan fingerprint density at radius 3 is 2.47 bits per heavy atom. The van der Waals surface area contributed by atoms with Crippen LogP contribution < -0.4 is 13.8 Å². The van der Waals surface area contributed by atoms with E-state index in [0.29, 0.717) is 66.3 Å². The molecule has 1 amide bonds. The van der Waals surface area contributed by atoms with Crippen LogP contribution in [-0.4, -0.2) is 76.2 Å². The van der Waals surface area contributed by atoms with Gasteiger partial charge < -0.3 is 18.6 Å². The molecule has 0 spiro atoms. The molecule has 0 bridgehead atoms. The van der Waals surface area contributed by atoms with Gasteiger partial charge in [0.25, 0.3) is 15.9 Å². The molecular formula is C34H35ClN4O7S. The number of aromatic nitrogens is 1. The maximum Gasteiger partial charge on any atom is 0.271 e. The van der Waals surface area contributed by atoms with Gasteiger partial charge in [0.2, 0.25) is 5.89 Å². The minimum Gasteiger partial charge on any atom is -0.497 e. The molecule has 2 fully saturated rings. The molecule has 2 saturated heterocycles. The number of methoxy groups -OCH3 is 2. The molecule has 13 heteroatoms. The van der Waals surface area contributed by atoms with E-state index in [1.54, 1.807) is 43.6 Å². The van der Waals surface area contributed by atoms with Crippen LogP contribution in [0.3, 0.4) is 0 Å². The van der Waals surface area contributed by atoms with E-state index in [-0.39, 0.29) is 10.6 Å². The average Bonchev–Trinajstić information content (AvgIpc) is 3.84. The summed E-state index contributed by atoms with van der Waals surface area (Å²) in [5.74, 6) is 0.715. The maximum atomic E-state index is 15.5. The van der Waals surface area contributed by atoms with Gasteiger partial charge in [-0.3, -0.25) is 14.6 Å². The first-order valence-corrected chi connectivity index (χ1v) is 17.3. The van der Waals surface area contributed by atoms with Crippen molar-refractivity contribution in [2.24, 2.45) is 0 Å². The number of anilines is 1. The van der Waals surface area contributed by atoms with E-state index in [1.807, 2.05) is 23.1 Å². The van der Waals surface area contributed by atoms with E-state index in [0.717, 1.165) is 29.4 Å². The van der Waals surface area contributed by atoms with E-state index in [4.69, 9.17) is 30.2 Å². The van der Waals surface area contributed by atoms with Crippen LogP contribution in [0.1, 0.15) is 41.5 Å². The first kappa shape index (κ1) is 31.6. The number of likely N-dealkylation sites (tertiary alicyclic amines) is 1. The number of halogens is 1. The standard InChI is InChI=1S/C34H35ClN4O7S/c1-43-25-7-9-26(10-8-25)47(41,42)39-29-11-6-24(35)21-27(29)34(33(39)40,38-14-3-4-30(38)32-36-13-17-46-32)28-20-23(5-12-31(28)44-2)22-37-15-18-45-19-16-37/h5-13,17,20-21,30H,3-4,14-16,18-19,22H2,1-2H3/t30-,34?/m0/s1. The number of oxazole rings is 1. The van der Waals surface area contributed by atoms with Crippen molar-refractivity contribution < 1.29 is 31.8 Å². The largest absolute Gasteiger partial charge is 0.497 e. The van der Waals surface area contributed by atoms with Crippen LogP contribution >= 0.6 is 11.6 Å². The molecule has 0 radical (unpaired) electrons. The maximum absolute atomic E-state index is 15.5. The molecule has 0 aliphatic carbocycles. The fourth-order valence-electron chi connectivity index (χ4n) is 7.11. The van der Waals surface area contributed by atoms with Gasteiger partial charge in [0.05, 0.1) is 50.3 Å². The molecule has 7 rings (SSSR count). The van der Waals surface area contributed by atoms with E-state index < -0.39 is 27.5 Å². The van der Waals surface area contributed by atoms with Crippen LogP contribution in [0.4, 0.5) is 5.69 Å². The molecule has 3 aliphatic rings. The minimum atomic E-state index is -4.41. The van der Waals surface area contributed by atoms with Gasteiger partial charge in [0.1, 0.15) is 17.8 Å². The summed E-state index contributed by atoms with van der Waals surface area (Å²) in [5, 5.41) is 0.361. The predicted molar refractivity (Wildman–Crippen MR) is 174 cm³/mol. The van der Waals surface area contributed by atoms with Gasteiger partial charge in [0, 0.05) is 42.3 Å². The topological polar surface area (TPSA) is 115 Å². The SMILES string of the molecule is COc1ccc(S(=O)(=O)N2C(=O)C(c3cc(CN4CCOCC4)ccc3OC)(N3CCC[C@H]3c3ncco3)c3cc(Cl)ccc32)cc1. The zero-order chi connectivity index (χ0) is 32.8. The van der Waals surface area contributed by atoms with E-state index in [1.165, 1.54) is 25.5 Å². The fourth-order valence-corrected chi connectivity index (χ4v) is 8.74. The molecule has 0 saturated carbocycles. The Balaban J connectivity index is 1.48. The number of carbonyl (C=O) groups is 1. The van der Waals surface area contributed by atoms with Gasteiger partial charge in [-0.15, -0.1) is 0 Å². The minimum absolute atomic E-state index is 0.0537. The van der Waals surface area contributed by atoms with Crippen molar-refractivity contribution in [3.05, 3.63) is 101 Å². The van der Waals surface area contributed by atoms with Crippen molar-refractivity contribution in [3.63, 3.8) is 0 Å². The van der Waals surface area contributed by atoms with Crippen molar-refractivity contribution in [2.75, 3.05) is 51.4 Å². The highest BCUT2D eigenvalue weighted by Crippen LogP contribution is 2.57. The van der Waals surface area contributed by atoms with Crippen LogP contribution in [0.25, 0.3) is 0 Å². The molecule has 246 valence electrons. The van der Waals surface area contributed by atoms with Gasteiger partial charge in [0.15, 0.2) is 5.54 Å². The van der Waals surface area contributed by atoms with Crippen molar-refractivity contribution >= 4 is 33.2 Å². The van der Waals surface area contributed by atoms with Gasteiger partial charge in [-0.25, -0.2) is 17.7 Å². The second kappa shape index (κ2) is 12.6. The second-order valence-corrected chi connectivity index (χ2v) is 14.0. The zero-order valence-corrected chi connectivity index (χ0v) is 27.7. The van der Waals surface area contributed by atoms with E-state index >= 15 is 4.79 Å². The van der Waals surface area contributed by atoms with E-state index in [9.17, 15) is 8.42 Å².